The highest BCUT2D eigenvalue weighted by atomic mass is 32.2. The quantitative estimate of drug-likeness (QED) is 0.810. The van der Waals surface area contributed by atoms with E-state index in [1.54, 1.807) is 30.3 Å². The SMILES string of the molecule is O=C(O)c1cc(NS(=O)(=O)c2ccccc2)ccc1N1CCCCCCC1. The lowest BCUT2D eigenvalue weighted by molar-refractivity contribution is 0.0697. The van der Waals surface area contributed by atoms with Gasteiger partial charge in [-0.3, -0.25) is 4.72 Å². The highest BCUT2D eigenvalue weighted by Gasteiger charge is 2.20. The van der Waals surface area contributed by atoms with Crippen LogP contribution in [-0.4, -0.2) is 32.6 Å². The molecule has 0 unspecified atom stereocenters. The Morgan fingerprint density at radius 2 is 1.56 bits per heavy atom. The molecule has 0 aliphatic carbocycles. The van der Waals surface area contributed by atoms with Gasteiger partial charge in [0.05, 0.1) is 16.1 Å². The number of aromatic carboxylic acids is 1. The van der Waals surface area contributed by atoms with Gasteiger partial charge in [-0.15, -0.1) is 0 Å². The molecule has 0 saturated carbocycles. The molecule has 144 valence electrons. The van der Waals surface area contributed by atoms with Gasteiger partial charge in [0.15, 0.2) is 0 Å². The maximum Gasteiger partial charge on any atom is 0.337 e. The number of benzene rings is 2. The molecule has 0 radical (unpaired) electrons. The number of sulfonamides is 1. The molecular formula is C20H24N2O4S. The van der Waals surface area contributed by atoms with Crippen LogP contribution < -0.4 is 9.62 Å². The highest BCUT2D eigenvalue weighted by molar-refractivity contribution is 7.92. The van der Waals surface area contributed by atoms with E-state index in [-0.39, 0.29) is 16.1 Å². The lowest BCUT2D eigenvalue weighted by Crippen LogP contribution is -2.28. The maximum absolute atomic E-state index is 12.5. The van der Waals surface area contributed by atoms with Crippen LogP contribution in [0.4, 0.5) is 11.4 Å². The second kappa shape index (κ2) is 8.43. The number of nitrogens with zero attached hydrogens (tertiary/aromatic N) is 1. The molecule has 27 heavy (non-hydrogen) atoms. The van der Waals surface area contributed by atoms with Gasteiger partial charge in [0.2, 0.25) is 0 Å². The van der Waals surface area contributed by atoms with Crippen LogP contribution in [0.5, 0.6) is 0 Å². The van der Waals surface area contributed by atoms with Crippen molar-refractivity contribution in [1.29, 1.82) is 0 Å². The molecule has 1 heterocycles. The summed E-state index contributed by atoms with van der Waals surface area (Å²) in [7, 11) is -3.76. The molecule has 3 rings (SSSR count). The number of carboxylic acid groups (broad SMARTS) is 1. The minimum absolute atomic E-state index is 0.115. The summed E-state index contributed by atoms with van der Waals surface area (Å²) >= 11 is 0. The van der Waals surface area contributed by atoms with Crippen molar-refractivity contribution in [3.05, 3.63) is 54.1 Å². The predicted molar refractivity (Wildman–Crippen MR) is 106 cm³/mol. The first-order valence-corrected chi connectivity index (χ1v) is 10.7. The summed E-state index contributed by atoms with van der Waals surface area (Å²) in [4.78, 5) is 14.0. The Bertz CT molecular complexity index is 889. The van der Waals surface area contributed by atoms with Gasteiger partial charge >= 0.3 is 5.97 Å². The van der Waals surface area contributed by atoms with E-state index in [4.69, 9.17) is 0 Å². The minimum atomic E-state index is -3.76. The van der Waals surface area contributed by atoms with Crippen LogP contribution in [0.3, 0.4) is 0 Å². The lowest BCUT2D eigenvalue weighted by atomic mass is 10.1. The fourth-order valence-corrected chi connectivity index (χ4v) is 4.42. The van der Waals surface area contributed by atoms with Crippen molar-refractivity contribution in [2.45, 2.75) is 37.0 Å². The molecule has 0 atom stereocenters. The minimum Gasteiger partial charge on any atom is -0.478 e. The summed E-state index contributed by atoms with van der Waals surface area (Å²) in [6.45, 7) is 1.63. The summed E-state index contributed by atoms with van der Waals surface area (Å²) in [5.41, 5.74) is 1.00. The first-order valence-electron chi connectivity index (χ1n) is 9.17. The van der Waals surface area contributed by atoms with E-state index in [0.29, 0.717) is 5.69 Å². The van der Waals surface area contributed by atoms with Crippen molar-refractivity contribution in [2.75, 3.05) is 22.7 Å². The van der Waals surface area contributed by atoms with Gasteiger partial charge in [0.1, 0.15) is 0 Å². The fourth-order valence-electron chi connectivity index (χ4n) is 3.35. The van der Waals surface area contributed by atoms with Crippen LogP contribution >= 0.6 is 0 Å². The third-order valence-corrected chi connectivity index (χ3v) is 6.13. The highest BCUT2D eigenvalue weighted by Crippen LogP contribution is 2.28. The first-order chi connectivity index (χ1) is 13.0. The Kier molecular flexibility index (Phi) is 6.01. The monoisotopic (exact) mass is 388 g/mol. The summed E-state index contributed by atoms with van der Waals surface area (Å²) in [5.74, 6) is -1.06. The summed E-state index contributed by atoms with van der Waals surface area (Å²) in [6.07, 6.45) is 5.57. The molecule has 7 heteroatoms. The molecule has 0 aromatic heterocycles. The van der Waals surface area contributed by atoms with Crippen LogP contribution in [0.2, 0.25) is 0 Å². The van der Waals surface area contributed by atoms with Crippen molar-refractivity contribution in [2.24, 2.45) is 0 Å². The number of nitrogens with one attached hydrogen (secondary N) is 1. The molecule has 1 aliphatic heterocycles. The molecule has 1 aliphatic rings. The molecule has 0 amide bonds. The lowest BCUT2D eigenvalue weighted by Gasteiger charge is -2.28. The van der Waals surface area contributed by atoms with Crippen LogP contribution in [0.15, 0.2) is 53.4 Å². The average Bonchev–Trinajstić information content (AvgIpc) is 2.62. The Balaban J connectivity index is 1.88. The largest absolute Gasteiger partial charge is 0.478 e. The topological polar surface area (TPSA) is 86.7 Å². The zero-order chi connectivity index (χ0) is 19.3. The fraction of sp³-hybridized carbons (Fsp3) is 0.350. The van der Waals surface area contributed by atoms with Gasteiger partial charge in [0.25, 0.3) is 10.0 Å². The number of hydrogen-bond donors (Lipinski definition) is 2. The Hall–Kier alpha value is -2.54. The third kappa shape index (κ3) is 4.80. The van der Waals surface area contributed by atoms with Crippen molar-refractivity contribution < 1.29 is 18.3 Å². The molecule has 0 bridgehead atoms. The van der Waals surface area contributed by atoms with E-state index in [1.807, 2.05) is 0 Å². The van der Waals surface area contributed by atoms with E-state index in [9.17, 15) is 18.3 Å². The summed E-state index contributed by atoms with van der Waals surface area (Å²) in [6, 6.07) is 12.7. The Labute approximate surface area is 159 Å². The van der Waals surface area contributed by atoms with Gasteiger partial charge in [0, 0.05) is 18.8 Å². The number of carbonyl (C=O) groups is 1. The normalized spacial score (nSPS) is 15.6. The standard InChI is InChI=1S/C20H24N2O4S/c23-20(24)18-15-16(21-27(25,26)17-9-5-4-6-10-17)11-12-19(18)22-13-7-2-1-3-8-14-22/h4-6,9-12,15,21H,1-3,7-8,13-14H2,(H,23,24). The molecule has 6 nitrogen and oxygen atoms in total. The Morgan fingerprint density at radius 1 is 0.926 bits per heavy atom. The number of rotatable bonds is 5. The van der Waals surface area contributed by atoms with Crippen molar-refractivity contribution in [3.63, 3.8) is 0 Å². The molecule has 1 saturated heterocycles. The van der Waals surface area contributed by atoms with Gasteiger partial charge in [-0.25, -0.2) is 13.2 Å². The molecule has 2 aromatic carbocycles. The van der Waals surface area contributed by atoms with Crippen molar-refractivity contribution >= 4 is 27.4 Å². The van der Waals surface area contributed by atoms with Gasteiger partial charge < -0.3 is 10.0 Å². The molecule has 1 fully saturated rings. The Morgan fingerprint density at radius 3 is 2.19 bits per heavy atom. The van der Waals surface area contributed by atoms with Gasteiger partial charge in [-0.05, 0) is 43.2 Å². The molecule has 2 N–H and O–H groups in total. The number of anilines is 2. The van der Waals surface area contributed by atoms with Crippen LogP contribution in [0.25, 0.3) is 0 Å². The van der Waals surface area contributed by atoms with Crippen LogP contribution in [0.1, 0.15) is 42.5 Å². The second-order valence-electron chi connectivity index (χ2n) is 6.71. The van der Waals surface area contributed by atoms with Gasteiger partial charge in [-0.1, -0.05) is 37.5 Å². The zero-order valence-electron chi connectivity index (χ0n) is 15.1. The molecular weight excluding hydrogens is 364 g/mol. The van der Waals surface area contributed by atoms with Crippen molar-refractivity contribution in [3.8, 4) is 0 Å². The summed E-state index contributed by atoms with van der Waals surface area (Å²) in [5, 5.41) is 9.66. The van der Waals surface area contributed by atoms with E-state index in [0.717, 1.165) is 38.8 Å². The second-order valence-corrected chi connectivity index (χ2v) is 8.39. The smallest absolute Gasteiger partial charge is 0.337 e. The van der Waals surface area contributed by atoms with Crippen LogP contribution in [0, 0.1) is 0 Å². The van der Waals surface area contributed by atoms with Gasteiger partial charge in [-0.2, -0.15) is 0 Å². The number of carboxylic acids is 1. The van der Waals surface area contributed by atoms with Crippen LogP contribution in [-0.2, 0) is 10.0 Å². The van der Waals surface area contributed by atoms with E-state index in [2.05, 4.69) is 9.62 Å². The predicted octanol–water partition coefficient (Wildman–Crippen LogP) is 3.96. The summed E-state index contributed by atoms with van der Waals surface area (Å²) < 4.78 is 27.4. The maximum atomic E-state index is 12.5. The molecule has 0 spiro atoms. The number of hydrogen-bond acceptors (Lipinski definition) is 4. The zero-order valence-corrected chi connectivity index (χ0v) is 15.9. The average molecular weight is 388 g/mol. The first kappa shape index (κ1) is 19.2. The van der Waals surface area contributed by atoms with E-state index < -0.39 is 16.0 Å². The van der Waals surface area contributed by atoms with E-state index >= 15 is 0 Å². The van der Waals surface area contributed by atoms with E-state index in [1.165, 1.54) is 24.6 Å². The third-order valence-electron chi connectivity index (χ3n) is 4.73. The van der Waals surface area contributed by atoms with Crippen molar-refractivity contribution in [1.82, 2.24) is 0 Å². The molecule has 2 aromatic rings.